The minimum atomic E-state index is -0.521. The Balaban J connectivity index is 2.20. The van der Waals surface area contributed by atoms with E-state index in [2.05, 4.69) is 100 Å². The smallest absolute Gasteiger partial charge is 0.124 e. The molecule has 3 atom stereocenters. The van der Waals surface area contributed by atoms with E-state index in [9.17, 15) is 0 Å². The number of methoxy groups -OCH3 is 2. The summed E-state index contributed by atoms with van der Waals surface area (Å²) in [4.78, 5) is 0. The molecule has 0 spiro atoms. The summed E-state index contributed by atoms with van der Waals surface area (Å²) in [5, 5.41) is 3.69. The van der Waals surface area contributed by atoms with Gasteiger partial charge >= 0.3 is 0 Å². The maximum absolute atomic E-state index is 5.77. The maximum Gasteiger partial charge on any atom is 0.124 e. The summed E-state index contributed by atoms with van der Waals surface area (Å²) in [6, 6.07) is 9.73. The Hall–Kier alpha value is -1.10. The molecule has 0 N–H and O–H groups in total. The van der Waals surface area contributed by atoms with Crippen molar-refractivity contribution in [1.82, 2.24) is 0 Å². The highest BCUT2D eigenvalue weighted by Crippen LogP contribution is 2.67. The molecule has 2 unspecified atom stereocenters. The van der Waals surface area contributed by atoms with Crippen LogP contribution in [0.5, 0.6) is 11.5 Å². The lowest BCUT2D eigenvalue weighted by Crippen LogP contribution is -2.37. The highest BCUT2D eigenvalue weighted by Gasteiger charge is 2.46. The number of ether oxygens (including phenoxy) is 2. The van der Waals surface area contributed by atoms with Crippen LogP contribution in [-0.2, 0) is 0 Å². The Morgan fingerprint density at radius 2 is 1.08 bits per heavy atom. The van der Waals surface area contributed by atoms with Crippen LogP contribution in [0.2, 0.25) is 0 Å². The van der Waals surface area contributed by atoms with E-state index in [1.165, 1.54) is 52.1 Å². The quantitative estimate of drug-likeness (QED) is 0.325. The number of hydrogen-bond acceptors (Lipinski definition) is 2. The Kier molecular flexibility index (Phi) is 9.51. The molecule has 0 saturated heterocycles. The number of benzene rings is 2. The molecule has 0 bridgehead atoms. The van der Waals surface area contributed by atoms with Gasteiger partial charge in [0.2, 0.25) is 0 Å². The van der Waals surface area contributed by atoms with Gasteiger partial charge in [-0.25, -0.2) is 0 Å². The van der Waals surface area contributed by atoms with Crippen molar-refractivity contribution >= 4 is 26.5 Å². The topological polar surface area (TPSA) is 18.5 Å². The van der Waals surface area contributed by atoms with E-state index < -0.39 is 7.92 Å². The fourth-order valence-electron chi connectivity index (χ4n) is 7.58. The van der Waals surface area contributed by atoms with Crippen molar-refractivity contribution in [3.8, 4) is 11.5 Å². The first-order valence-corrected chi connectivity index (χ1v) is 16.8. The van der Waals surface area contributed by atoms with Crippen molar-refractivity contribution in [3.63, 3.8) is 0 Å². The van der Waals surface area contributed by atoms with Gasteiger partial charge in [-0.15, -0.1) is 0 Å². The molecule has 0 amide bonds. The van der Waals surface area contributed by atoms with E-state index >= 15 is 0 Å². The summed E-state index contributed by atoms with van der Waals surface area (Å²) in [6.45, 7) is 26.4. The molecule has 206 valence electrons. The average molecular weight is 543 g/mol. The summed E-state index contributed by atoms with van der Waals surface area (Å²) in [6.07, 6.45) is 4.03. The van der Waals surface area contributed by atoms with Gasteiger partial charge in [0, 0.05) is 0 Å². The van der Waals surface area contributed by atoms with Gasteiger partial charge in [-0.05, 0) is 133 Å². The van der Waals surface area contributed by atoms with Crippen molar-refractivity contribution < 1.29 is 9.47 Å². The molecule has 0 aliphatic heterocycles. The van der Waals surface area contributed by atoms with Crippen molar-refractivity contribution in [2.75, 3.05) is 14.2 Å². The number of aryl methyl sites for hydroxylation is 4. The molecular weight excluding hydrogens is 490 g/mol. The SMILES string of the molecule is COc1c(C)cc(P(c2cc(C)c(OC)c(C)c2)C2CCCC2[C@@H](C)P(C(C)(C)C)C(C)(C)C)cc1C. The van der Waals surface area contributed by atoms with Gasteiger partial charge < -0.3 is 9.47 Å². The minimum Gasteiger partial charge on any atom is -0.496 e. The molecule has 2 nitrogen and oxygen atoms in total. The highest BCUT2D eigenvalue weighted by molar-refractivity contribution is 7.73. The van der Waals surface area contributed by atoms with Crippen LogP contribution in [0.1, 0.15) is 90.0 Å². The lowest BCUT2D eigenvalue weighted by Gasteiger charge is -2.49. The van der Waals surface area contributed by atoms with Crippen LogP contribution < -0.4 is 20.1 Å². The van der Waals surface area contributed by atoms with E-state index in [1.807, 2.05) is 0 Å². The van der Waals surface area contributed by atoms with Crippen molar-refractivity contribution in [1.29, 1.82) is 0 Å². The predicted molar refractivity (Wildman–Crippen MR) is 168 cm³/mol. The molecular formula is C33H52O2P2. The molecule has 37 heavy (non-hydrogen) atoms. The summed E-state index contributed by atoms with van der Waals surface area (Å²) >= 11 is 0. The molecule has 2 aromatic rings. The molecule has 2 aromatic carbocycles. The van der Waals surface area contributed by atoms with Crippen LogP contribution in [0.25, 0.3) is 0 Å². The lowest BCUT2D eigenvalue weighted by molar-refractivity contribution is 0.408. The second-order valence-corrected chi connectivity index (χ2v) is 19.9. The first kappa shape index (κ1) is 30.4. The second kappa shape index (κ2) is 11.6. The van der Waals surface area contributed by atoms with Crippen LogP contribution in [0.4, 0.5) is 0 Å². The van der Waals surface area contributed by atoms with Gasteiger partial charge in [-0.1, -0.05) is 62.8 Å². The standard InChI is InChI=1S/C33H52O2P2/c1-21-17-26(18-22(2)30(21)34-12)36(27-19-23(3)31(35-13)24(4)20-27)29-16-14-15-28(29)25(5)37(32(6,7)8)33(9,10)11/h17-20,25,28-29H,14-16H2,1-13H3/t25-,28?,29?/m1/s1. The van der Waals surface area contributed by atoms with Crippen LogP contribution in [0.3, 0.4) is 0 Å². The monoisotopic (exact) mass is 542 g/mol. The molecule has 1 saturated carbocycles. The predicted octanol–water partition coefficient (Wildman–Crippen LogP) is 9.01. The third-order valence-electron chi connectivity index (χ3n) is 8.19. The maximum atomic E-state index is 5.77. The van der Waals surface area contributed by atoms with Crippen molar-refractivity contribution in [3.05, 3.63) is 46.5 Å². The third-order valence-corrected chi connectivity index (χ3v) is 15.2. The van der Waals surface area contributed by atoms with Gasteiger partial charge in [0.25, 0.3) is 0 Å². The Morgan fingerprint density at radius 1 is 0.703 bits per heavy atom. The Labute approximate surface area is 230 Å². The summed E-state index contributed by atoms with van der Waals surface area (Å²) in [5.74, 6) is 2.81. The van der Waals surface area contributed by atoms with E-state index in [0.29, 0.717) is 16.0 Å². The van der Waals surface area contributed by atoms with Crippen LogP contribution in [0.15, 0.2) is 24.3 Å². The molecule has 0 aromatic heterocycles. The van der Waals surface area contributed by atoms with Crippen molar-refractivity contribution in [2.24, 2.45) is 5.92 Å². The van der Waals surface area contributed by atoms with E-state index in [1.54, 1.807) is 14.2 Å². The average Bonchev–Trinajstić information content (AvgIpc) is 3.21. The van der Waals surface area contributed by atoms with Gasteiger partial charge in [-0.2, -0.15) is 0 Å². The molecule has 1 aliphatic rings. The minimum absolute atomic E-state index is 0.174. The van der Waals surface area contributed by atoms with Gasteiger partial charge in [0.05, 0.1) is 14.2 Å². The first-order valence-electron chi connectivity index (χ1n) is 14.0. The van der Waals surface area contributed by atoms with E-state index in [4.69, 9.17) is 9.47 Å². The van der Waals surface area contributed by atoms with Crippen molar-refractivity contribution in [2.45, 2.75) is 117 Å². The Bertz CT molecular complexity index is 973. The highest BCUT2D eigenvalue weighted by atomic mass is 31.1. The van der Waals surface area contributed by atoms with E-state index in [-0.39, 0.29) is 7.92 Å². The lowest BCUT2D eigenvalue weighted by atomic mass is 10.0. The zero-order chi connectivity index (χ0) is 27.9. The summed E-state index contributed by atoms with van der Waals surface area (Å²) < 4.78 is 11.5. The van der Waals surface area contributed by atoms with Gasteiger partial charge in [0.1, 0.15) is 11.5 Å². The second-order valence-electron chi connectivity index (χ2n) is 13.2. The first-order chi connectivity index (χ1) is 17.1. The Morgan fingerprint density at radius 3 is 1.41 bits per heavy atom. The molecule has 4 heteroatoms. The molecule has 0 heterocycles. The summed E-state index contributed by atoms with van der Waals surface area (Å²) in [7, 11) is 2.90. The zero-order valence-electron chi connectivity index (χ0n) is 25.9. The number of hydrogen-bond donors (Lipinski definition) is 0. The third kappa shape index (κ3) is 6.39. The normalized spacial score (nSPS) is 19.5. The molecule has 1 fully saturated rings. The van der Waals surface area contributed by atoms with Gasteiger partial charge in [0.15, 0.2) is 0 Å². The largest absolute Gasteiger partial charge is 0.496 e. The van der Waals surface area contributed by atoms with Crippen LogP contribution in [0, 0.1) is 33.6 Å². The fourth-order valence-corrected chi connectivity index (χ4v) is 16.5. The van der Waals surface area contributed by atoms with Crippen LogP contribution in [-0.4, -0.2) is 35.8 Å². The van der Waals surface area contributed by atoms with Crippen LogP contribution >= 0.6 is 15.8 Å². The van der Waals surface area contributed by atoms with Gasteiger partial charge in [-0.3, -0.25) is 0 Å². The fraction of sp³-hybridized carbons (Fsp3) is 0.636. The summed E-state index contributed by atoms with van der Waals surface area (Å²) in [5.41, 5.74) is 6.43. The van der Waals surface area contributed by atoms with E-state index in [0.717, 1.165) is 23.1 Å². The number of rotatable bonds is 7. The zero-order valence-corrected chi connectivity index (χ0v) is 27.7. The molecule has 1 aliphatic carbocycles. The molecule has 0 radical (unpaired) electrons. The molecule has 3 rings (SSSR count).